The fraction of sp³-hybridized carbons (Fsp3) is 0.323. The molecule has 13 rings (SSSR count). The van der Waals surface area contributed by atoms with Crippen LogP contribution in [0.1, 0.15) is 135 Å². The summed E-state index contributed by atoms with van der Waals surface area (Å²) in [5, 5.41) is 9.77. The van der Waals surface area contributed by atoms with E-state index in [2.05, 4.69) is 209 Å². The third-order valence-electron chi connectivity index (χ3n) is 17.5. The van der Waals surface area contributed by atoms with E-state index in [1.807, 2.05) is 11.3 Å². The van der Waals surface area contributed by atoms with Gasteiger partial charge in [0.15, 0.2) is 0 Å². The average Bonchev–Trinajstić information content (AvgIpc) is 4.01. The predicted octanol–water partition coefficient (Wildman–Crippen LogP) is 17.6. The maximum absolute atomic E-state index is 7.28. The molecule has 4 heterocycles. The van der Waals surface area contributed by atoms with Crippen LogP contribution in [0.3, 0.4) is 0 Å². The Morgan fingerprint density at radius 1 is 0.563 bits per heavy atom. The molecule has 0 unspecified atom stereocenters. The number of nitrogens with one attached hydrogen (secondary N) is 1. The van der Waals surface area contributed by atoms with Gasteiger partial charge in [-0.1, -0.05) is 131 Å². The van der Waals surface area contributed by atoms with Crippen molar-refractivity contribution in [2.24, 2.45) is 0 Å². The van der Waals surface area contributed by atoms with E-state index in [0.29, 0.717) is 0 Å². The van der Waals surface area contributed by atoms with Crippen LogP contribution in [0.5, 0.6) is 0 Å². The van der Waals surface area contributed by atoms with E-state index in [-0.39, 0.29) is 27.1 Å². The van der Waals surface area contributed by atoms with Crippen LogP contribution < -0.4 is 20.5 Å². The van der Waals surface area contributed by atoms with Gasteiger partial charge in [-0.15, -0.1) is 11.3 Å². The van der Waals surface area contributed by atoms with E-state index < -0.39 is 0 Å². The largest absolute Gasteiger partial charge is 0.456 e. The van der Waals surface area contributed by atoms with Gasteiger partial charge in [-0.2, -0.15) is 0 Å². The summed E-state index contributed by atoms with van der Waals surface area (Å²) in [4.78, 5) is 2.71. The van der Waals surface area contributed by atoms with E-state index in [1.165, 1.54) is 90.0 Å². The van der Waals surface area contributed by atoms with Crippen molar-refractivity contribution >= 4 is 111 Å². The number of fused-ring (bicyclic) bond motifs is 12. The Labute approximate surface area is 423 Å². The van der Waals surface area contributed by atoms with E-state index in [4.69, 9.17) is 8.83 Å². The minimum absolute atomic E-state index is 0.0274. The molecule has 2 aliphatic carbocycles. The van der Waals surface area contributed by atoms with Gasteiger partial charge in [-0.05, 0) is 164 Å². The first-order chi connectivity index (χ1) is 33.7. The summed E-state index contributed by atoms with van der Waals surface area (Å²) in [6.45, 7) is 28.9. The first-order valence-electron chi connectivity index (χ1n) is 26.0. The summed E-state index contributed by atoms with van der Waals surface area (Å²) in [6.07, 6.45) is 4.68. The SMILES string of the molecule is Cc1cc2c(cc1N1c3cc4c(oc5ccccc54)c(-c4c(Nc5ccc(C(C)(C)C)cc5)ccc5oc6ccccc6c45)c3Bc3sc4cc5c(cc4c31)C(C)(C)CCC5(C)C)C(C)(C)CCC2(C)C. The normalized spacial score (nSPS) is 17.6. The molecule has 0 fully saturated rings. The summed E-state index contributed by atoms with van der Waals surface area (Å²) in [6, 6.07) is 43.4. The fourth-order valence-corrected chi connectivity index (χ4v) is 14.2. The van der Waals surface area contributed by atoms with Crippen LogP contribution in [0.25, 0.3) is 65.1 Å². The summed E-state index contributed by atoms with van der Waals surface area (Å²) in [5.74, 6) is 0. The maximum atomic E-state index is 7.28. The Balaban J connectivity index is 1.17. The van der Waals surface area contributed by atoms with Crippen molar-refractivity contribution < 1.29 is 8.83 Å². The van der Waals surface area contributed by atoms with Crippen LogP contribution in [0.15, 0.2) is 124 Å². The molecule has 0 radical (unpaired) electrons. The van der Waals surface area contributed by atoms with Crippen molar-refractivity contribution in [3.63, 3.8) is 0 Å². The van der Waals surface area contributed by atoms with E-state index in [9.17, 15) is 0 Å². The quantitative estimate of drug-likeness (QED) is 0.179. The lowest BCUT2D eigenvalue weighted by Crippen LogP contribution is -2.40. The zero-order chi connectivity index (χ0) is 49.3. The molecule has 356 valence electrons. The molecule has 6 heteroatoms. The minimum Gasteiger partial charge on any atom is -0.456 e. The third kappa shape index (κ3) is 6.68. The molecule has 0 bridgehead atoms. The highest BCUT2D eigenvalue weighted by atomic mass is 32.1. The van der Waals surface area contributed by atoms with Gasteiger partial charge in [0.2, 0.25) is 7.28 Å². The number of hydrogen-bond donors (Lipinski definition) is 1. The molecule has 0 atom stereocenters. The van der Waals surface area contributed by atoms with Crippen LogP contribution in [-0.2, 0) is 27.1 Å². The highest BCUT2D eigenvalue weighted by Crippen LogP contribution is 2.55. The summed E-state index contributed by atoms with van der Waals surface area (Å²) in [7, 11) is 0.759. The van der Waals surface area contributed by atoms with Crippen molar-refractivity contribution in [2.75, 3.05) is 10.2 Å². The Morgan fingerprint density at radius 2 is 1.15 bits per heavy atom. The highest BCUT2D eigenvalue weighted by molar-refractivity contribution is 7.29. The number of anilines is 5. The molecule has 10 aromatic rings. The smallest absolute Gasteiger partial charge is 0.211 e. The lowest BCUT2D eigenvalue weighted by Gasteiger charge is -2.43. The minimum atomic E-state index is 0.0274. The zero-order valence-corrected chi connectivity index (χ0v) is 44.5. The second-order valence-corrected chi connectivity index (χ2v) is 26.3. The van der Waals surface area contributed by atoms with Crippen LogP contribution in [0.2, 0.25) is 0 Å². The Hall–Kier alpha value is -6.24. The molecule has 7 aromatic carbocycles. The zero-order valence-electron chi connectivity index (χ0n) is 43.7. The van der Waals surface area contributed by atoms with Gasteiger partial charge < -0.3 is 19.1 Å². The van der Waals surface area contributed by atoms with Gasteiger partial charge in [0.25, 0.3) is 0 Å². The van der Waals surface area contributed by atoms with E-state index in [0.717, 1.165) is 80.1 Å². The molecule has 0 amide bonds. The fourth-order valence-electron chi connectivity index (χ4n) is 13.0. The van der Waals surface area contributed by atoms with Crippen LogP contribution in [0, 0.1) is 6.92 Å². The Bertz CT molecular complexity index is 3890. The van der Waals surface area contributed by atoms with Crippen molar-refractivity contribution in [2.45, 2.75) is 136 Å². The van der Waals surface area contributed by atoms with Crippen LogP contribution in [-0.4, -0.2) is 7.28 Å². The lowest BCUT2D eigenvalue weighted by atomic mass is 9.60. The van der Waals surface area contributed by atoms with Crippen molar-refractivity contribution in [1.82, 2.24) is 0 Å². The topological polar surface area (TPSA) is 41.6 Å². The molecular formula is C65H65BN2O2S. The summed E-state index contributed by atoms with van der Waals surface area (Å²) in [5.41, 5.74) is 21.8. The Morgan fingerprint density at radius 3 is 1.82 bits per heavy atom. The van der Waals surface area contributed by atoms with Gasteiger partial charge in [0.1, 0.15) is 22.3 Å². The third-order valence-corrected chi connectivity index (χ3v) is 18.6. The molecule has 0 spiro atoms. The molecule has 3 aliphatic rings. The van der Waals surface area contributed by atoms with Crippen molar-refractivity contribution in [3.05, 3.63) is 149 Å². The maximum Gasteiger partial charge on any atom is 0.211 e. The number of aryl methyl sites for hydroxylation is 1. The number of hydrogen-bond acceptors (Lipinski definition) is 5. The molecule has 3 aromatic heterocycles. The molecule has 4 nitrogen and oxygen atoms in total. The molecule has 0 saturated carbocycles. The second-order valence-electron chi connectivity index (χ2n) is 25.1. The van der Waals surface area contributed by atoms with Crippen LogP contribution in [0.4, 0.5) is 28.4 Å². The number of benzene rings is 7. The lowest BCUT2D eigenvalue weighted by molar-refractivity contribution is 0.332. The van der Waals surface area contributed by atoms with Gasteiger partial charge in [0, 0.05) is 65.5 Å². The number of furan rings is 2. The van der Waals surface area contributed by atoms with Gasteiger partial charge in [-0.25, -0.2) is 0 Å². The predicted molar refractivity (Wildman–Crippen MR) is 307 cm³/mol. The number of para-hydroxylation sites is 2. The molecule has 1 aliphatic heterocycles. The number of rotatable bonds is 4. The van der Waals surface area contributed by atoms with E-state index >= 15 is 0 Å². The first-order valence-corrected chi connectivity index (χ1v) is 26.9. The summed E-state index contributed by atoms with van der Waals surface area (Å²) >= 11 is 2.00. The molecule has 0 saturated heterocycles. The highest BCUT2D eigenvalue weighted by Gasteiger charge is 2.42. The standard InChI is InChI=1S/C65H65BN2O2S/c1-36-31-43-45(64(9,10)29-27-62(43,5)6)34-48(36)68-49-33-41-39-17-13-15-19-50(39)70-59(41)56(57(49)66-60-58(68)42-32-44-46(35-53(42)71-60)65(11,12)30-28-63(44,7)8)55-47(67-38-23-21-37(22-24-38)61(2,3)4)25-26-52-54(55)40-18-14-16-20-51(40)69-52/h13-26,31-35,66-67H,27-30H2,1-12H3. The summed E-state index contributed by atoms with van der Waals surface area (Å²) < 4.78 is 16.8. The monoisotopic (exact) mass is 948 g/mol. The van der Waals surface area contributed by atoms with Crippen molar-refractivity contribution in [1.29, 1.82) is 0 Å². The first kappa shape index (κ1) is 44.7. The van der Waals surface area contributed by atoms with E-state index in [1.54, 1.807) is 0 Å². The molecule has 71 heavy (non-hydrogen) atoms. The Kier molecular flexibility index (Phi) is 9.39. The van der Waals surface area contributed by atoms with Crippen LogP contribution >= 0.6 is 11.3 Å². The van der Waals surface area contributed by atoms with Gasteiger partial charge in [-0.3, -0.25) is 0 Å². The average molecular weight is 949 g/mol. The van der Waals surface area contributed by atoms with Gasteiger partial charge in [0.05, 0.1) is 5.69 Å². The van der Waals surface area contributed by atoms with Crippen molar-refractivity contribution in [3.8, 4) is 11.1 Å². The number of nitrogens with zero attached hydrogens (tertiary/aromatic N) is 1. The molecular weight excluding hydrogens is 884 g/mol. The number of thiophene rings is 1. The molecule has 1 N–H and O–H groups in total. The van der Waals surface area contributed by atoms with Gasteiger partial charge >= 0.3 is 0 Å². The second kappa shape index (κ2) is 14.9.